The number of anilines is 1. The summed E-state index contributed by atoms with van der Waals surface area (Å²) in [6.07, 6.45) is 1.19. The third kappa shape index (κ3) is 4.72. The van der Waals surface area contributed by atoms with Gasteiger partial charge in [0, 0.05) is 18.2 Å². The van der Waals surface area contributed by atoms with Crippen molar-refractivity contribution in [2.24, 2.45) is 5.73 Å². The molecule has 0 bridgehead atoms. The maximum absolute atomic E-state index is 13.5. The molecule has 0 aromatic heterocycles. The molecule has 1 aromatic rings. The summed E-state index contributed by atoms with van der Waals surface area (Å²) in [7, 11) is 1.59. The summed E-state index contributed by atoms with van der Waals surface area (Å²) in [5.74, 6) is -0.894. The van der Waals surface area contributed by atoms with E-state index in [9.17, 15) is 9.18 Å². The van der Waals surface area contributed by atoms with E-state index in [1.165, 1.54) is 12.1 Å². The van der Waals surface area contributed by atoms with E-state index in [0.717, 1.165) is 0 Å². The van der Waals surface area contributed by atoms with E-state index in [0.29, 0.717) is 23.9 Å². The van der Waals surface area contributed by atoms with Gasteiger partial charge in [-0.15, -0.1) is 0 Å². The van der Waals surface area contributed by atoms with Gasteiger partial charge in [-0.2, -0.15) is 0 Å². The van der Waals surface area contributed by atoms with Crippen LogP contribution in [0.1, 0.15) is 12.8 Å². The number of carbonyl (C=O) groups excluding carboxylic acids is 1. The van der Waals surface area contributed by atoms with Crippen LogP contribution >= 0.6 is 15.9 Å². The summed E-state index contributed by atoms with van der Waals surface area (Å²) in [6, 6.07) is 3.75. The first kappa shape index (κ1) is 15.1. The van der Waals surface area contributed by atoms with E-state index in [1.54, 1.807) is 13.2 Å². The molecule has 1 rings (SSSR count). The summed E-state index contributed by atoms with van der Waals surface area (Å²) in [6.45, 7) is 0.549. The summed E-state index contributed by atoms with van der Waals surface area (Å²) < 4.78 is 19.0. The Hall–Kier alpha value is -0.980. The predicted molar refractivity (Wildman–Crippen MR) is 71.8 cm³/mol. The maximum Gasteiger partial charge on any atom is 0.241 e. The minimum atomic E-state index is -0.664. The molecule has 1 atom stereocenters. The van der Waals surface area contributed by atoms with Crippen molar-refractivity contribution < 1.29 is 13.9 Å². The lowest BCUT2D eigenvalue weighted by Crippen LogP contribution is -2.36. The molecule has 18 heavy (non-hydrogen) atoms. The molecule has 1 unspecified atom stereocenters. The van der Waals surface area contributed by atoms with E-state index in [-0.39, 0.29) is 5.69 Å². The van der Waals surface area contributed by atoms with Crippen LogP contribution < -0.4 is 11.1 Å². The zero-order valence-electron chi connectivity index (χ0n) is 10.1. The van der Waals surface area contributed by atoms with Crippen molar-refractivity contribution in [1.29, 1.82) is 0 Å². The normalized spacial score (nSPS) is 12.2. The Kier molecular flexibility index (Phi) is 6.24. The molecular weight excluding hydrogens is 303 g/mol. The van der Waals surface area contributed by atoms with Crippen LogP contribution in [0, 0.1) is 5.82 Å². The second-order valence-electron chi connectivity index (χ2n) is 3.85. The predicted octanol–water partition coefficient (Wildman–Crippen LogP) is 2.28. The van der Waals surface area contributed by atoms with Crippen molar-refractivity contribution >= 4 is 27.5 Å². The Morgan fingerprint density at radius 2 is 2.33 bits per heavy atom. The van der Waals surface area contributed by atoms with Gasteiger partial charge in [0.2, 0.25) is 5.91 Å². The van der Waals surface area contributed by atoms with Crippen molar-refractivity contribution in [2.75, 3.05) is 19.0 Å². The molecule has 0 heterocycles. The summed E-state index contributed by atoms with van der Waals surface area (Å²) in [5, 5.41) is 2.46. The largest absolute Gasteiger partial charge is 0.385 e. The number of carbonyl (C=O) groups is 1. The fourth-order valence-electron chi connectivity index (χ4n) is 1.39. The standard InChI is InChI=1S/C12H16BrFN2O2/c1-18-6-2-3-10(15)12(17)16-11-5-4-8(13)7-9(11)14/h4-5,7,10H,2-3,6,15H2,1H3,(H,16,17). The Morgan fingerprint density at radius 1 is 1.61 bits per heavy atom. The Labute approximate surface area is 114 Å². The first-order valence-corrected chi connectivity index (χ1v) is 6.34. The minimum absolute atomic E-state index is 0.130. The number of rotatable bonds is 6. The molecule has 0 spiro atoms. The molecule has 0 aliphatic rings. The van der Waals surface area contributed by atoms with Crippen molar-refractivity contribution in [3.05, 3.63) is 28.5 Å². The van der Waals surface area contributed by atoms with Gasteiger partial charge in [-0.05, 0) is 31.0 Å². The molecule has 0 aliphatic heterocycles. The van der Waals surface area contributed by atoms with E-state index in [1.807, 2.05) is 0 Å². The molecule has 6 heteroatoms. The average molecular weight is 319 g/mol. The molecule has 0 radical (unpaired) electrons. The van der Waals surface area contributed by atoms with Crippen LogP contribution in [0.3, 0.4) is 0 Å². The van der Waals surface area contributed by atoms with E-state index in [2.05, 4.69) is 21.2 Å². The maximum atomic E-state index is 13.5. The van der Waals surface area contributed by atoms with Crippen molar-refractivity contribution in [1.82, 2.24) is 0 Å². The van der Waals surface area contributed by atoms with Gasteiger partial charge >= 0.3 is 0 Å². The molecular formula is C12H16BrFN2O2. The zero-order valence-corrected chi connectivity index (χ0v) is 11.7. The number of methoxy groups -OCH3 is 1. The van der Waals surface area contributed by atoms with Gasteiger partial charge in [-0.1, -0.05) is 15.9 Å². The average Bonchev–Trinajstić information content (AvgIpc) is 2.32. The highest BCUT2D eigenvalue weighted by molar-refractivity contribution is 9.10. The van der Waals surface area contributed by atoms with Gasteiger partial charge < -0.3 is 15.8 Å². The lowest BCUT2D eigenvalue weighted by atomic mass is 10.1. The Bertz CT molecular complexity index is 415. The number of nitrogens with two attached hydrogens (primary N) is 1. The highest BCUT2D eigenvalue weighted by Gasteiger charge is 2.14. The van der Waals surface area contributed by atoms with Crippen molar-refractivity contribution in [3.8, 4) is 0 Å². The molecule has 3 N–H and O–H groups in total. The molecule has 0 saturated carbocycles. The topological polar surface area (TPSA) is 64.3 Å². The lowest BCUT2D eigenvalue weighted by Gasteiger charge is -2.12. The summed E-state index contributed by atoms with van der Waals surface area (Å²) >= 11 is 3.14. The zero-order chi connectivity index (χ0) is 13.5. The van der Waals surface area contributed by atoms with E-state index < -0.39 is 17.8 Å². The summed E-state index contributed by atoms with van der Waals surface area (Å²) in [5.41, 5.74) is 5.82. The van der Waals surface area contributed by atoms with Crippen LogP contribution in [0.4, 0.5) is 10.1 Å². The smallest absolute Gasteiger partial charge is 0.241 e. The highest BCUT2D eigenvalue weighted by atomic mass is 79.9. The number of benzene rings is 1. The molecule has 1 amide bonds. The fourth-order valence-corrected chi connectivity index (χ4v) is 1.73. The first-order chi connectivity index (χ1) is 8.54. The lowest BCUT2D eigenvalue weighted by molar-refractivity contribution is -0.117. The van der Waals surface area contributed by atoms with Gasteiger partial charge in [-0.3, -0.25) is 4.79 Å². The Balaban J connectivity index is 2.53. The highest BCUT2D eigenvalue weighted by Crippen LogP contribution is 2.19. The number of ether oxygens (including phenoxy) is 1. The van der Waals surface area contributed by atoms with Gasteiger partial charge in [0.15, 0.2) is 0 Å². The molecule has 100 valence electrons. The number of hydrogen-bond donors (Lipinski definition) is 2. The second kappa shape index (κ2) is 7.45. The van der Waals surface area contributed by atoms with Crippen LogP contribution in [-0.2, 0) is 9.53 Å². The van der Waals surface area contributed by atoms with Crippen molar-refractivity contribution in [3.63, 3.8) is 0 Å². The van der Waals surface area contributed by atoms with Crippen LogP contribution in [0.15, 0.2) is 22.7 Å². The number of halogens is 2. The monoisotopic (exact) mass is 318 g/mol. The van der Waals surface area contributed by atoms with Crippen LogP contribution in [0.25, 0.3) is 0 Å². The van der Waals surface area contributed by atoms with Gasteiger partial charge in [0.1, 0.15) is 5.82 Å². The quantitative estimate of drug-likeness (QED) is 0.791. The Morgan fingerprint density at radius 3 is 2.94 bits per heavy atom. The number of hydrogen-bond acceptors (Lipinski definition) is 3. The van der Waals surface area contributed by atoms with Crippen LogP contribution in [-0.4, -0.2) is 25.7 Å². The SMILES string of the molecule is COCCCC(N)C(=O)Nc1ccc(Br)cc1F. The first-order valence-electron chi connectivity index (χ1n) is 5.55. The molecule has 0 saturated heterocycles. The third-order valence-corrected chi connectivity index (χ3v) is 2.88. The number of amides is 1. The van der Waals surface area contributed by atoms with E-state index in [4.69, 9.17) is 10.5 Å². The third-order valence-electron chi connectivity index (χ3n) is 2.39. The van der Waals surface area contributed by atoms with Crippen LogP contribution in [0.2, 0.25) is 0 Å². The second-order valence-corrected chi connectivity index (χ2v) is 4.77. The number of nitrogens with one attached hydrogen (secondary N) is 1. The minimum Gasteiger partial charge on any atom is -0.385 e. The molecule has 4 nitrogen and oxygen atoms in total. The van der Waals surface area contributed by atoms with Gasteiger partial charge in [-0.25, -0.2) is 4.39 Å². The van der Waals surface area contributed by atoms with Gasteiger partial charge in [0.05, 0.1) is 11.7 Å². The molecule has 1 aromatic carbocycles. The van der Waals surface area contributed by atoms with Gasteiger partial charge in [0.25, 0.3) is 0 Å². The molecule has 0 fully saturated rings. The summed E-state index contributed by atoms with van der Waals surface area (Å²) in [4.78, 5) is 11.7. The van der Waals surface area contributed by atoms with Crippen LogP contribution in [0.5, 0.6) is 0 Å². The van der Waals surface area contributed by atoms with Crippen molar-refractivity contribution in [2.45, 2.75) is 18.9 Å². The van der Waals surface area contributed by atoms with E-state index >= 15 is 0 Å². The molecule has 0 aliphatic carbocycles. The fraction of sp³-hybridized carbons (Fsp3) is 0.417.